The van der Waals surface area contributed by atoms with E-state index in [1.807, 2.05) is 0 Å². The molecule has 7 nitrogen and oxygen atoms in total. The first-order chi connectivity index (χ1) is 17.5. The van der Waals surface area contributed by atoms with Crippen LogP contribution in [0, 0.1) is 11.3 Å². The summed E-state index contributed by atoms with van der Waals surface area (Å²) < 4.78 is 48.2. The molecule has 2 aromatic rings. The summed E-state index contributed by atoms with van der Waals surface area (Å²) in [5.41, 5.74) is -1.93. The topological polar surface area (TPSA) is 87.0 Å². The molecule has 194 valence electrons. The van der Waals surface area contributed by atoms with Crippen LogP contribution in [0.1, 0.15) is 46.3 Å². The van der Waals surface area contributed by atoms with Crippen molar-refractivity contribution in [3.63, 3.8) is 0 Å². The molecule has 1 atom stereocenters. The standard InChI is InChI=1S/C25H21Cl2F3N4O3/c26-19-8-18(9-20(27)10-19)24(25(28,29)30)11-21(33-37-24)34-12-16-2-1-15(7-17(16)13-34)22(35)32-23(14-31)3-5-36-6-4-23/h1-2,7-10H,3-6,11-13H2,(H,32,35). The van der Waals surface area contributed by atoms with E-state index in [-0.39, 0.29) is 33.9 Å². The van der Waals surface area contributed by atoms with Crippen molar-refractivity contribution >= 4 is 34.9 Å². The predicted molar refractivity (Wildman–Crippen MR) is 129 cm³/mol. The van der Waals surface area contributed by atoms with E-state index in [0.717, 1.165) is 11.1 Å². The highest BCUT2D eigenvalue weighted by atomic mass is 35.5. The van der Waals surface area contributed by atoms with Crippen LogP contribution >= 0.6 is 23.2 Å². The van der Waals surface area contributed by atoms with Gasteiger partial charge in [-0.05, 0) is 41.5 Å². The summed E-state index contributed by atoms with van der Waals surface area (Å²) in [5, 5.41) is 16.4. The maximum absolute atomic E-state index is 14.3. The highest BCUT2D eigenvalue weighted by molar-refractivity contribution is 6.34. The van der Waals surface area contributed by atoms with Crippen LogP contribution in [0.4, 0.5) is 13.2 Å². The average Bonchev–Trinajstić information content (AvgIpc) is 3.49. The van der Waals surface area contributed by atoms with Crippen molar-refractivity contribution in [3.05, 3.63) is 68.7 Å². The quantitative estimate of drug-likeness (QED) is 0.558. The Hall–Kier alpha value is -3.00. The van der Waals surface area contributed by atoms with Crippen LogP contribution in [0.3, 0.4) is 0 Å². The van der Waals surface area contributed by atoms with Gasteiger partial charge in [0.15, 0.2) is 0 Å². The van der Waals surface area contributed by atoms with Gasteiger partial charge in [0.05, 0.1) is 12.5 Å². The molecule has 0 spiro atoms. The number of amidine groups is 1. The van der Waals surface area contributed by atoms with E-state index in [0.29, 0.717) is 38.2 Å². The number of alkyl halides is 3. The Morgan fingerprint density at radius 1 is 1.08 bits per heavy atom. The van der Waals surface area contributed by atoms with Gasteiger partial charge >= 0.3 is 6.18 Å². The zero-order valence-electron chi connectivity index (χ0n) is 19.4. The summed E-state index contributed by atoms with van der Waals surface area (Å²) in [5.74, 6) is -0.263. The molecule has 1 unspecified atom stereocenters. The minimum absolute atomic E-state index is 0.0569. The molecule has 0 saturated carbocycles. The molecule has 37 heavy (non-hydrogen) atoms. The number of nitrogens with one attached hydrogen (secondary N) is 1. The molecule has 2 aromatic carbocycles. The number of carbonyl (C=O) groups is 1. The molecule has 3 aliphatic rings. The van der Waals surface area contributed by atoms with E-state index in [1.54, 1.807) is 23.1 Å². The van der Waals surface area contributed by atoms with E-state index >= 15 is 0 Å². The van der Waals surface area contributed by atoms with Crippen LogP contribution < -0.4 is 5.32 Å². The molecular weight excluding hydrogens is 532 g/mol. The molecule has 0 aliphatic carbocycles. The average molecular weight is 553 g/mol. The highest BCUT2D eigenvalue weighted by Crippen LogP contribution is 2.50. The molecule has 3 aliphatic heterocycles. The van der Waals surface area contributed by atoms with Crippen LogP contribution in [0.5, 0.6) is 0 Å². The number of nitrogens with zero attached hydrogens (tertiary/aromatic N) is 3. The minimum atomic E-state index is -4.79. The van der Waals surface area contributed by atoms with E-state index < -0.39 is 23.7 Å². The molecule has 0 radical (unpaired) electrons. The number of amides is 1. The number of carbonyl (C=O) groups excluding carboxylic acids is 1. The number of oxime groups is 1. The number of halogens is 5. The molecule has 1 saturated heterocycles. The van der Waals surface area contributed by atoms with E-state index in [1.165, 1.54) is 18.2 Å². The van der Waals surface area contributed by atoms with Crippen molar-refractivity contribution in [3.8, 4) is 6.07 Å². The smallest absolute Gasteiger partial charge is 0.381 e. The monoisotopic (exact) mass is 552 g/mol. The maximum atomic E-state index is 14.3. The van der Waals surface area contributed by atoms with Gasteiger partial charge in [0, 0.05) is 60.3 Å². The summed E-state index contributed by atoms with van der Waals surface area (Å²) in [6.07, 6.45) is -4.55. The third kappa shape index (κ3) is 4.72. The molecule has 12 heteroatoms. The first-order valence-electron chi connectivity index (χ1n) is 11.5. The molecule has 0 bridgehead atoms. The Balaban J connectivity index is 1.33. The fraction of sp³-hybridized carbons (Fsp3) is 0.400. The zero-order chi connectivity index (χ0) is 26.4. The summed E-state index contributed by atoms with van der Waals surface area (Å²) >= 11 is 11.9. The first kappa shape index (κ1) is 25.6. The Labute approximate surface area is 220 Å². The Morgan fingerprint density at radius 2 is 1.76 bits per heavy atom. The second-order valence-corrected chi connectivity index (χ2v) is 10.2. The number of benzene rings is 2. The van der Waals surface area contributed by atoms with Crippen molar-refractivity contribution in [2.75, 3.05) is 13.2 Å². The van der Waals surface area contributed by atoms with Gasteiger partial charge in [0.2, 0.25) is 0 Å². The van der Waals surface area contributed by atoms with Crippen molar-refractivity contribution < 1.29 is 27.5 Å². The minimum Gasteiger partial charge on any atom is -0.381 e. The number of fused-ring (bicyclic) bond motifs is 1. The van der Waals surface area contributed by atoms with Crippen molar-refractivity contribution in [2.45, 2.75) is 49.7 Å². The molecular formula is C25H21Cl2F3N4O3. The Bertz CT molecular complexity index is 1300. The fourth-order valence-electron chi connectivity index (χ4n) is 4.84. The van der Waals surface area contributed by atoms with Crippen molar-refractivity contribution in [2.24, 2.45) is 5.16 Å². The lowest BCUT2D eigenvalue weighted by atomic mass is 9.89. The molecule has 1 N–H and O–H groups in total. The van der Waals surface area contributed by atoms with Crippen LogP contribution in [0.25, 0.3) is 0 Å². The second kappa shape index (κ2) is 9.39. The fourth-order valence-corrected chi connectivity index (χ4v) is 5.36. The molecule has 5 rings (SSSR count). The largest absolute Gasteiger partial charge is 0.435 e. The van der Waals surface area contributed by atoms with Crippen LogP contribution in [-0.2, 0) is 28.3 Å². The zero-order valence-corrected chi connectivity index (χ0v) is 20.9. The van der Waals surface area contributed by atoms with Gasteiger partial charge in [-0.15, -0.1) is 0 Å². The van der Waals surface area contributed by atoms with Gasteiger partial charge in [-0.25, -0.2) is 0 Å². The summed E-state index contributed by atoms with van der Waals surface area (Å²) in [4.78, 5) is 19.7. The van der Waals surface area contributed by atoms with Crippen molar-refractivity contribution in [1.82, 2.24) is 10.2 Å². The van der Waals surface area contributed by atoms with Gasteiger partial charge < -0.3 is 19.8 Å². The number of ether oxygens (including phenoxy) is 1. The summed E-state index contributed by atoms with van der Waals surface area (Å²) in [6, 6.07) is 11.0. The number of nitriles is 1. The lowest BCUT2D eigenvalue weighted by Crippen LogP contribution is -2.50. The molecule has 3 heterocycles. The van der Waals surface area contributed by atoms with Gasteiger partial charge in [-0.3, -0.25) is 4.79 Å². The second-order valence-electron chi connectivity index (χ2n) is 9.36. The number of rotatable bonds is 3. The Kier molecular flexibility index (Phi) is 6.51. The van der Waals surface area contributed by atoms with Gasteiger partial charge in [-0.2, -0.15) is 18.4 Å². The van der Waals surface area contributed by atoms with Crippen LogP contribution in [0.15, 0.2) is 41.6 Å². The van der Waals surface area contributed by atoms with E-state index in [4.69, 9.17) is 32.8 Å². The summed E-state index contributed by atoms with van der Waals surface area (Å²) in [6.45, 7) is 1.33. The lowest BCUT2D eigenvalue weighted by Gasteiger charge is -2.31. The lowest BCUT2D eigenvalue weighted by molar-refractivity contribution is -0.275. The molecule has 1 fully saturated rings. The third-order valence-electron chi connectivity index (χ3n) is 6.97. The number of hydrogen-bond donors (Lipinski definition) is 1. The van der Waals surface area contributed by atoms with Gasteiger partial charge in [0.1, 0.15) is 11.4 Å². The van der Waals surface area contributed by atoms with Crippen LogP contribution in [0.2, 0.25) is 10.0 Å². The summed E-state index contributed by atoms with van der Waals surface area (Å²) in [7, 11) is 0. The molecule has 0 aromatic heterocycles. The Morgan fingerprint density at radius 3 is 2.41 bits per heavy atom. The number of hydrogen-bond acceptors (Lipinski definition) is 6. The molecule has 1 amide bonds. The van der Waals surface area contributed by atoms with E-state index in [9.17, 15) is 23.2 Å². The third-order valence-corrected chi connectivity index (χ3v) is 7.41. The van der Waals surface area contributed by atoms with E-state index in [2.05, 4.69) is 16.5 Å². The normalized spacial score (nSPS) is 22.6. The maximum Gasteiger partial charge on any atom is 0.435 e. The van der Waals surface area contributed by atoms with Crippen LogP contribution in [-0.4, -0.2) is 41.6 Å². The van der Waals surface area contributed by atoms with Gasteiger partial charge in [-0.1, -0.05) is 34.4 Å². The van der Waals surface area contributed by atoms with Crippen molar-refractivity contribution in [1.29, 1.82) is 5.26 Å². The first-order valence-corrected chi connectivity index (χ1v) is 12.3. The predicted octanol–water partition coefficient (Wildman–Crippen LogP) is 5.30. The highest BCUT2D eigenvalue weighted by Gasteiger charge is 2.63. The SMILES string of the molecule is N#CC1(NC(=O)c2ccc3c(c2)CN(C2=NOC(c4cc(Cl)cc(Cl)c4)(C(F)(F)F)C2)C3)CCOCC1. The van der Waals surface area contributed by atoms with Gasteiger partial charge in [0.25, 0.3) is 11.5 Å².